The molecule has 152 valence electrons. The van der Waals surface area contributed by atoms with E-state index in [2.05, 4.69) is 62.4 Å². The van der Waals surface area contributed by atoms with Crippen molar-refractivity contribution >= 4 is 5.57 Å². The summed E-state index contributed by atoms with van der Waals surface area (Å²) in [6.45, 7) is 4.78. The zero-order chi connectivity index (χ0) is 19.4. The Balaban J connectivity index is 1.55. The standard InChI is InChI=1S/C28H40/c1-3-22-10-14-26(15-11-22)28(27-16-12-23(4-2)13-17-27)20-18-25(19-21-28)24-8-6-5-7-9-24/h5-9,18-20,22-23,26-27H,3-4,10-17,21H2,1-2H3. The van der Waals surface area contributed by atoms with Crippen LogP contribution in [0.15, 0.2) is 48.6 Å². The summed E-state index contributed by atoms with van der Waals surface area (Å²) in [5.74, 6) is 3.80. The second-order valence-corrected chi connectivity index (χ2v) is 9.93. The lowest BCUT2D eigenvalue weighted by atomic mass is 9.54. The van der Waals surface area contributed by atoms with Crippen LogP contribution in [0.5, 0.6) is 0 Å². The molecule has 28 heavy (non-hydrogen) atoms. The SMILES string of the molecule is CCC1CCC(C2(C3CCC(CC)CC3)C=CC(c3ccccc3)=CC2)CC1. The van der Waals surface area contributed by atoms with Gasteiger partial charge in [0.05, 0.1) is 0 Å². The van der Waals surface area contributed by atoms with Crippen LogP contribution in [0.1, 0.15) is 90.0 Å². The molecular formula is C28H40. The molecule has 0 heterocycles. The fraction of sp³-hybridized carbons (Fsp3) is 0.643. The second-order valence-electron chi connectivity index (χ2n) is 9.93. The van der Waals surface area contributed by atoms with Crippen LogP contribution in [-0.4, -0.2) is 0 Å². The van der Waals surface area contributed by atoms with Gasteiger partial charge in [0.1, 0.15) is 0 Å². The molecule has 4 rings (SSSR count). The van der Waals surface area contributed by atoms with Gasteiger partial charge in [-0.15, -0.1) is 0 Å². The second kappa shape index (κ2) is 9.02. The smallest absolute Gasteiger partial charge is 0.00237 e. The predicted octanol–water partition coefficient (Wildman–Crippen LogP) is 8.45. The first kappa shape index (κ1) is 20.0. The number of allylic oxidation sites excluding steroid dienone is 4. The summed E-state index contributed by atoms with van der Waals surface area (Å²) in [5, 5.41) is 0. The van der Waals surface area contributed by atoms with Gasteiger partial charge in [-0.05, 0) is 72.3 Å². The summed E-state index contributed by atoms with van der Waals surface area (Å²) in [5.41, 5.74) is 3.27. The van der Waals surface area contributed by atoms with Crippen LogP contribution in [0.25, 0.3) is 5.57 Å². The Morgan fingerprint density at radius 1 is 0.750 bits per heavy atom. The summed E-state index contributed by atoms with van der Waals surface area (Å²) >= 11 is 0. The minimum atomic E-state index is 0.440. The molecular weight excluding hydrogens is 336 g/mol. The quantitative estimate of drug-likeness (QED) is 0.483. The van der Waals surface area contributed by atoms with E-state index in [1.54, 1.807) is 0 Å². The highest BCUT2D eigenvalue weighted by Gasteiger charge is 2.45. The number of hydrogen-bond acceptors (Lipinski definition) is 0. The molecule has 0 unspecified atom stereocenters. The summed E-state index contributed by atoms with van der Waals surface area (Å²) in [6, 6.07) is 11.0. The molecule has 0 aromatic heterocycles. The van der Waals surface area contributed by atoms with E-state index in [1.807, 2.05) is 0 Å². The molecule has 2 saturated carbocycles. The highest BCUT2D eigenvalue weighted by molar-refractivity contribution is 5.75. The summed E-state index contributed by atoms with van der Waals surface area (Å²) in [7, 11) is 0. The normalized spacial score (nSPS) is 36.1. The van der Waals surface area contributed by atoms with Crippen molar-refractivity contribution in [2.75, 3.05) is 0 Å². The number of hydrogen-bond donors (Lipinski definition) is 0. The molecule has 0 spiro atoms. The fourth-order valence-corrected chi connectivity index (χ4v) is 6.67. The first-order valence-electron chi connectivity index (χ1n) is 12.2. The Kier molecular flexibility index (Phi) is 6.44. The number of rotatable bonds is 5. The van der Waals surface area contributed by atoms with E-state index >= 15 is 0 Å². The maximum atomic E-state index is 2.71. The molecule has 0 atom stereocenters. The third kappa shape index (κ3) is 4.03. The van der Waals surface area contributed by atoms with Gasteiger partial charge in [0.2, 0.25) is 0 Å². The first-order chi connectivity index (χ1) is 13.7. The van der Waals surface area contributed by atoms with Crippen molar-refractivity contribution in [1.82, 2.24) is 0 Å². The average molecular weight is 377 g/mol. The van der Waals surface area contributed by atoms with Gasteiger partial charge in [-0.1, -0.05) is 101 Å². The van der Waals surface area contributed by atoms with Gasteiger partial charge in [-0.25, -0.2) is 0 Å². The lowest BCUT2D eigenvalue weighted by Crippen LogP contribution is -2.41. The topological polar surface area (TPSA) is 0 Å². The van der Waals surface area contributed by atoms with Gasteiger partial charge in [0.15, 0.2) is 0 Å². The number of benzene rings is 1. The van der Waals surface area contributed by atoms with Crippen LogP contribution in [-0.2, 0) is 0 Å². The lowest BCUT2D eigenvalue weighted by Gasteiger charge is -2.50. The highest BCUT2D eigenvalue weighted by Crippen LogP contribution is 2.55. The van der Waals surface area contributed by atoms with Crippen LogP contribution in [0.3, 0.4) is 0 Å². The van der Waals surface area contributed by atoms with E-state index in [9.17, 15) is 0 Å². The Morgan fingerprint density at radius 3 is 1.71 bits per heavy atom. The van der Waals surface area contributed by atoms with Crippen molar-refractivity contribution in [3.05, 3.63) is 54.1 Å². The average Bonchev–Trinajstić information content (AvgIpc) is 2.80. The van der Waals surface area contributed by atoms with E-state index in [-0.39, 0.29) is 0 Å². The van der Waals surface area contributed by atoms with E-state index in [4.69, 9.17) is 0 Å². The molecule has 0 saturated heterocycles. The van der Waals surface area contributed by atoms with Gasteiger partial charge in [0, 0.05) is 0 Å². The maximum Gasteiger partial charge on any atom is -0.00237 e. The van der Waals surface area contributed by atoms with Gasteiger partial charge in [-0.3, -0.25) is 0 Å². The summed E-state index contributed by atoms with van der Waals surface area (Å²) in [4.78, 5) is 0. The zero-order valence-corrected chi connectivity index (χ0v) is 18.2. The van der Waals surface area contributed by atoms with Crippen molar-refractivity contribution in [1.29, 1.82) is 0 Å². The molecule has 1 aromatic rings. The molecule has 0 radical (unpaired) electrons. The monoisotopic (exact) mass is 376 g/mol. The molecule has 0 nitrogen and oxygen atoms in total. The third-order valence-corrected chi connectivity index (χ3v) is 8.72. The van der Waals surface area contributed by atoms with Crippen LogP contribution in [0, 0.1) is 29.1 Å². The molecule has 3 aliphatic rings. The molecule has 0 aliphatic heterocycles. The predicted molar refractivity (Wildman–Crippen MR) is 122 cm³/mol. The molecule has 0 N–H and O–H groups in total. The zero-order valence-electron chi connectivity index (χ0n) is 18.2. The lowest BCUT2D eigenvalue weighted by molar-refractivity contribution is 0.0488. The van der Waals surface area contributed by atoms with Crippen LogP contribution in [0.2, 0.25) is 0 Å². The highest BCUT2D eigenvalue weighted by atomic mass is 14.5. The van der Waals surface area contributed by atoms with Crippen molar-refractivity contribution in [3.63, 3.8) is 0 Å². The van der Waals surface area contributed by atoms with E-state index in [0.29, 0.717) is 5.41 Å². The van der Waals surface area contributed by atoms with Crippen LogP contribution < -0.4 is 0 Å². The molecule has 0 heteroatoms. The van der Waals surface area contributed by atoms with Crippen LogP contribution in [0.4, 0.5) is 0 Å². The van der Waals surface area contributed by atoms with Gasteiger partial charge in [-0.2, -0.15) is 0 Å². The summed E-state index contributed by atoms with van der Waals surface area (Å²) in [6.07, 6.45) is 23.6. The Hall–Kier alpha value is -1.30. The first-order valence-corrected chi connectivity index (χ1v) is 12.2. The van der Waals surface area contributed by atoms with E-state index < -0.39 is 0 Å². The minimum Gasteiger partial charge on any atom is -0.0768 e. The Morgan fingerprint density at radius 2 is 1.29 bits per heavy atom. The minimum absolute atomic E-state index is 0.440. The Labute approximate surface area is 173 Å². The largest absolute Gasteiger partial charge is 0.0768 e. The van der Waals surface area contributed by atoms with Gasteiger partial charge in [0.25, 0.3) is 0 Å². The van der Waals surface area contributed by atoms with Crippen LogP contribution >= 0.6 is 0 Å². The van der Waals surface area contributed by atoms with Crippen molar-refractivity contribution < 1.29 is 0 Å². The van der Waals surface area contributed by atoms with Crippen molar-refractivity contribution in [2.45, 2.75) is 84.5 Å². The molecule has 3 aliphatic carbocycles. The molecule has 2 fully saturated rings. The fourth-order valence-electron chi connectivity index (χ4n) is 6.67. The molecule has 0 amide bonds. The molecule has 1 aromatic carbocycles. The molecule has 0 bridgehead atoms. The third-order valence-electron chi connectivity index (χ3n) is 8.72. The summed E-state index contributed by atoms with van der Waals surface area (Å²) < 4.78 is 0. The van der Waals surface area contributed by atoms with E-state index in [0.717, 1.165) is 23.7 Å². The van der Waals surface area contributed by atoms with Gasteiger partial charge < -0.3 is 0 Å². The maximum absolute atomic E-state index is 2.71. The van der Waals surface area contributed by atoms with E-state index in [1.165, 1.54) is 81.8 Å². The van der Waals surface area contributed by atoms with Crippen molar-refractivity contribution in [3.8, 4) is 0 Å². The van der Waals surface area contributed by atoms with Gasteiger partial charge >= 0.3 is 0 Å². The Bertz CT molecular complexity index is 639. The van der Waals surface area contributed by atoms with Crippen molar-refractivity contribution in [2.24, 2.45) is 29.1 Å².